The van der Waals surface area contributed by atoms with Gasteiger partial charge in [0.2, 0.25) is 11.8 Å². The van der Waals surface area contributed by atoms with Crippen molar-refractivity contribution in [1.29, 1.82) is 0 Å². The molecule has 3 aliphatic rings. The number of amides is 2. The highest BCUT2D eigenvalue weighted by Gasteiger charge is 2.57. The Morgan fingerprint density at radius 1 is 0.979 bits per heavy atom. The molecule has 2 N–H and O–H groups in total. The molecule has 10 heteroatoms. The van der Waals surface area contributed by atoms with Gasteiger partial charge in [-0.3, -0.25) is 19.5 Å². The number of aromatic nitrogens is 1. The number of phenolic OH excluding ortho intramolecular Hbond substituents is 1. The molecule has 1 aliphatic carbocycles. The zero-order valence-electron chi connectivity index (χ0n) is 26.1. The maximum Gasteiger partial charge on any atom is 0.455 e. The largest absolute Gasteiger partial charge is 0.505 e. The molecule has 1 aromatic heterocycles. The molecular weight excluding hydrogens is 610 g/mol. The zero-order valence-corrected chi connectivity index (χ0v) is 26.1. The van der Waals surface area contributed by atoms with E-state index in [-0.39, 0.29) is 24.7 Å². The van der Waals surface area contributed by atoms with Crippen LogP contribution >= 0.6 is 0 Å². The first-order valence-corrected chi connectivity index (χ1v) is 16.1. The third kappa shape index (κ3) is 6.29. The van der Waals surface area contributed by atoms with Gasteiger partial charge in [-0.2, -0.15) is 0 Å². The predicted octanol–water partition coefficient (Wildman–Crippen LogP) is 6.33. The van der Waals surface area contributed by atoms with Gasteiger partial charge in [0.25, 0.3) is 0 Å². The van der Waals surface area contributed by atoms with Crippen molar-refractivity contribution < 1.29 is 33.5 Å². The molecule has 2 amide bonds. The van der Waals surface area contributed by atoms with E-state index in [1.54, 1.807) is 36.5 Å². The number of fused-ring (bicyclic) bond motifs is 3. The van der Waals surface area contributed by atoms with Gasteiger partial charge in [-0.15, -0.1) is 0 Å². The highest BCUT2D eigenvalue weighted by atomic mass is 19.1. The Kier molecular flexibility index (Phi) is 8.93. The number of carbonyl (C=O) groups is 2. The lowest BCUT2D eigenvalue weighted by atomic mass is 9.58. The summed E-state index contributed by atoms with van der Waals surface area (Å²) in [4.78, 5) is 33.8. The van der Waals surface area contributed by atoms with Crippen molar-refractivity contribution in [3.8, 4) is 11.5 Å². The average Bonchev–Trinajstić information content (AvgIpc) is 3.36. The van der Waals surface area contributed by atoms with Gasteiger partial charge >= 0.3 is 7.12 Å². The summed E-state index contributed by atoms with van der Waals surface area (Å²) in [7, 11) is -1.14. The summed E-state index contributed by atoms with van der Waals surface area (Å²) in [6, 6.07) is 28.1. The van der Waals surface area contributed by atoms with Crippen LogP contribution in [-0.2, 0) is 14.2 Å². The number of para-hydroxylation sites is 2. The molecule has 7 rings (SSSR count). The fourth-order valence-corrected chi connectivity index (χ4v) is 7.34. The minimum absolute atomic E-state index is 0.180. The molecule has 8 nitrogen and oxygen atoms in total. The number of nitrogens with zero attached hydrogens (tertiary/aromatic N) is 2. The first-order chi connectivity index (χ1) is 23.4. The number of halogens is 1. The topological polar surface area (TPSA) is 109 Å². The van der Waals surface area contributed by atoms with Crippen molar-refractivity contribution in [1.82, 2.24) is 4.98 Å². The van der Waals surface area contributed by atoms with Crippen molar-refractivity contribution in [2.24, 2.45) is 17.8 Å². The van der Waals surface area contributed by atoms with E-state index in [9.17, 15) is 24.1 Å². The third-order valence-corrected chi connectivity index (χ3v) is 9.46. The molecule has 3 aromatic carbocycles. The van der Waals surface area contributed by atoms with Crippen LogP contribution in [0, 0.1) is 23.6 Å². The normalized spacial score (nSPS) is 22.5. The van der Waals surface area contributed by atoms with Crippen molar-refractivity contribution in [2.75, 3.05) is 11.5 Å². The average molecular weight is 645 g/mol. The Hall–Kier alpha value is -5.06. The Labute approximate surface area is 278 Å². The number of ether oxygens (including phenoxy) is 1. The number of imide groups is 1. The Balaban J connectivity index is 1.24. The van der Waals surface area contributed by atoms with E-state index in [2.05, 4.69) is 4.98 Å². The smallest absolute Gasteiger partial charge is 0.455 e. The van der Waals surface area contributed by atoms with Crippen LogP contribution in [0.15, 0.2) is 114 Å². The second kappa shape index (κ2) is 13.6. The van der Waals surface area contributed by atoms with Crippen LogP contribution in [0.5, 0.6) is 11.5 Å². The number of aromatic hydroxyl groups is 1. The SMILES string of the molecule is O=C1[C@@H]2[C@@H](CC(COc3ccccc3)=C3[C@@H](CC/C(=C/c4ccc(O)c(F)c4)c4ccccn4)OB(O)C[C@@H]32)C(=O)N1c1ccccc1. The van der Waals surface area contributed by atoms with Crippen LogP contribution in [0.3, 0.4) is 0 Å². The minimum Gasteiger partial charge on any atom is -0.505 e. The molecule has 2 aliphatic heterocycles. The van der Waals surface area contributed by atoms with Crippen molar-refractivity contribution in [2.45, 2.75) is 31.7 Å². The fourth-order valence-electron chi connectivity index (χ4n) is 7.34. The lowest BCUT2D eigenvalue weighted by Gasteiger charge is -2.43. The first-order valence-electron chi connectivity index (χ1n) is 16.1. The van der Waals surface area contributed by atoms with Crippen LogP contribution in [0.2, 0.25) is 6.32 Å². The van der Waals surface area contributed by atoms with Crippen LogP contribution in [0.1, 0.15) is 30.5 Å². The molecule has 0 saturated carbocycles. The van der Waals surface area contributed by atoms with E-state index in [0.717, 1.165) is 16.7 Å². The molecular formula is C38H34BFN2O6. The minimum atomic E-state index is -1.14. The maximum atomic E-state index is 14.3. The monoisotopic (exact) mass is 644 g/mol. The fraction of sp³-hybridized carbons (Fsp3) is 0.237. The number of hydrogen-bond acceptors (Lipinski definition) is 7. The Morgan fingerprint density at radius 2 is 1.73 bits per heavy atom. The van der Waals surface area contributed by atoms with E-state index in [1.165, 1.54) is 17.0 Å². The van der Waals surface area contributed by atoms with Gasteiger partial charge in [0, 0.05) is 6.20 Å². The van der Waals surface area contributed by atoms with Gasteiger partial charge in [-0.1, -0.05) is 48.5 Å². The van der Waals surface area contributed by atoms with E-state index in [1.807, 2.05) is 60.7 Å². The number of phenols is 1. The first kappa shape index (κ1) is 31.5. The maximum absolute atomic E-state index is 14.3. The Morgan fingerprint density at radius 3 is 2.46 bits per heavy atom. The van der Waals surface area contributed by atoms with Gasteiger partial charge < -0.3 is 19.5 Å². The molecule has 2 saturated heterocycles. The van der Waals surface area contributed by atoms with E-state index in [4.69, 9.17) is 9.39 Å². The van der Waals surface area contributed by atoms with Crippen LogP contribution in [0.25, 0.3) is 11.6 Å². The predicted molar refractivity (Wildman–Crippen MR) is 180 cm³/mol. The van der Waals surface area contributed by atoms with Gasteiger partial charge in [-0.25, -0.2) is 4.39 Å². The molecule has 4 atom stereocenters. The quantitative estimate of drug-likeness (QED) is 0.125. The van der Waals surface area contributed by atoms with E-state index < -0.39 is 42.5 Å². The van der Waals surface area contributed by atoms with Crippen LogP contribution < -0.4 is 9.64 Å². The molecule has 0 radical (unpaired) electrons. The number of allylic oxidation sites excluding steroid dienone is 1. The molecule has 0 spiro atoms. The highest BCUT2D eigenvalue weighted by molar-refractivity contribution is 6.43. The van der Waals surface area contributed by atoms with Gasteiger partial charge in [0.05, 0.1) is 29.3 Å². The summed E-state index contributed by atoms with van der Waals surface area (Å²) in [6.45, 7) is 0.206. The summed E-state index contributed by atoms with van der Waals surface area (Å²) in [5, 5.41) is 20.8. The molecule has 2 fully saturated rings. The standard InChI is InChI=1S/C38H34BFN2O6/c40-31-20-24(14-16-33(31)43)19-25(32-13-7-8-18-41-32)15-17-34-35-26(23-47-28-11-5-2-6-12-28)21-29-36(30(35)22-39(46)48-34)38(45)42(37(29)44)27-9-3-1-4-10-27/h1-14,16,18-20,29-30,34,36,43,46H,15,17,21-23H2/b25-19-/t29-,30+,34-,36-/m1/s1. The number of benzene rings is 3. The molecule has 3 heterocycles. The molecule has 242 valence electrons. The van der Waals surface area contributed by atoms with Crippen LogP contribution in [-0.4, -0.2) is 46.8 Å². The van der Waals surface area contributed by atoms with E-state index >= 15 is 0 Å². The molecule has 0 unspecified atom stereocenters. The molecule has 48 heavy (non-hydrogen) atoms. The summed E-state index contributed by atoms with van der Waals surface area (Å²) in [5.74, 6) is -2.63. The summed E-state index contributed by atoms with van der Waals surface area (Å²) >= 11 is 0. The molecule has 0 bridgehead atoms. The lowest BCUT2D eigenvalue weighted by molar-refractivity contribution is -0.122. The zero-order chi connectivity index (χ0) is 33.2. The Bertz CT molecular complexity index is 1870. The van der Waals surface area contributed by atoms with Gasteiger partial charge in [0.1, 0.15) is 12.4 Å². The lowest BCUT2D eigenvalue weighted by Crippen LogP contribution is -2.46. The third-order valence-electron chi connectivity index (χ3n) is 9.46. The summed E-state index contributed by atoms with van der Waals surface area (Å²) in [6.07, 6.45) is 4.30. The van der Waals surface area contributed by atoms with Crippen molar-refractivity contribution in [3.63, 3.8) is 0 Å². The highest BCUT2D eigenvalue weighted by Crippen LogP contribution is 2.51. The second-order valence-electron chi connectivity index (χ2n) is 12.4. The van der Waals surface area contributed by atoms with Crippen molar-refractivity contribution >= 4 is 36.3 Å². The summed E-state index contributed by atoms with van der Waals surface area (Å²) < 4.78 is 26.7. The number of hydrogen-bond donors (Lipinski definition) is 2. The van der Waals surface area contributed by atoms with Gasteiger partial charge in [0.15, 0.2) is 11.6 Å². The number of rotatable bonds is 9. The number of anilines is 1. The number of carbonyl (C=O) groups excluding carboxylic acids is 2. The van der Waals surface area contributed by atoms with Crippen molar-refractivity contribution in [3.05, 3.63) is 131 Å². The second-order valence-corrected chi connectivity index (χ2v) is 12.4. The van der Waals surface area contributed by atoms with Crippen LogP contribution in [0.4, 0.5) is 10.1 Å². The summed E-state index contributed by atoms with van der Waals surface area (Å²) in [5.41, 5.74) is 4.37. The van der Waals surface area contributed by atoms with Gasteiger partial charge in [-0.05, 0) is 108 Å². The number of pyridine rings is 1. The van der Waals surface area contributed by atoms with E-state index in [0.29, 0.717) is 42.0 Å². The molecule has 4 aromatic rings.